The van der Waals surface area contributed by atoms with Crippen molar-refractivity contribution >= 4 is 33.4 Å². The molecule has 0 saturated carbocycles. The second-order valence-corrected chi connectivity index (χ2v) is 6.53. The molecule has 0 aliphatic heterocycles. The first kappa shape index (κ1) is 14.4. The van der Waals surface area contributed by atoms with E-state index in [0.717, 1.165) is 16.1 Å². The molecule has 4 rings (SSSR count). The Balaban J connectivity index is 1.94. The van der Waals surface area contributed by atoms with Gasteiger partial charge in [-0.05, 0) is 43.4 Å². The SMILES string of the molecule is CN(C)C(c1c[nH]c2ccccc12)c1c[nH]c2cc(Cl)ccc12. The van der Waals surface area contributed by atoms with Gasteiger partial charge in [-0.25, -0.2) is 0 Å². The number of rotatable bonds is 3. The summed E-state index contributed by atoms with van der Waals surface area (Å²) in [7, 11) is 4.22. The van der Waals surface area contributed by atoms with Gasteiger partial charge >= 0.3 is 0 Å². The van der Waals surface area contributed by atoms with Gasteiger partial charge in [0.15, 0.2) is 0 Å². The van der Waals surface area contributed by atoms with Gasteiger partial charge in [-0.1, -0.05) is 35.9 Å². The van der Waals surface area contributed by atoms with Gasteiger partial charge in [0.1, 0.15) is 0 Å². The molecule has 0 aliphatic rings. The van der Waals surface area contributed by atoms with Crippen LogP contribution in [0.4, 0.5) is 0 Å². The van der Waals surface area contributed by atoms with Crippen LogP contribution in [-0.4, -0.2) is 29.0 Å². The molecule has 1 atom stereocenters. The van der Waals surface area contributed by atoms with Gasteiger partial charge in [0, 0.05) is 39.2 Å². The number of aromatic amines is 2. The van der Waals surface area contributed by atoms with Gasteiger partial charge in [-0.15, -0.1) is 0 Å². The molecular weight excluding hydrogens is 306 g/mol. The van der Waals surface area contributed by atoms with E-state index in [2.05, 4.69) is 71.7 Å². The van der Waals surface area contributed by atoms with E-state index in [1.807, 2.05) is 12.1 Å². The normalized spacial score (nSPS) is 13.2. The van der Waals surface area contributed by atoms with Crippen LogP contribution in [-0.2, 0) is 0 Å². The number of hydrogen-bond donors (Lipinski definition) is 2. The molecule has 2 heterocycles. The number of benzene rings is 2. The summed E-state index contributed by atoms with van der Waals surface area (Å²) in [4.78, 5) is 8.98. The van der Waals surface area contributed by atoms with Gasteiger partial charge < -0.3 is 9.97 Å². The fraction of sp³-hybridized carbons (Fsp3) is 0.158. The quantitative estimate of drug-likeness (QED) is 0.549. The summed E-state index contributed by atoms with van der Waals surface area (Å²) in [6.07, 6.45) is 4.21. The maximum Gasteiger partial charge on any atom is 0.0639 e. The lowest BCUT2D eigenvalue weighted by molar-refractivity contribution is 0.346. The van der Waals surface area contributed by atoms with Crippen molar-refractivity contribution in [3.63, 3.8) is 0 Å². The average molecular weight is 324 g/mol. The minimum Gasteiger partial charge on any atom is -0.361 e. The second-order valence-electron chi connectivity index (χ2n) is 6.09. The first-order valence-electron chi connectivity index (χ1n) is 7.64. The number of para-hydroxylation sites is 1. The molecule has 2 N–H and O–H groups in total. The Bertz CT molecular complexity index is 981. The molecule has 0 saturated heterocycles. The standard InChI is InChI=1S/C19H18ClN3/c1-23(2)19(15-10-21-17-6-4-3-5-13(15)17)16-11-22-18-9-12(20)7-8-14(16)18/h3-11,19,21-22H,1-2H3. The number of H-pyrrole nitrogens is 2. The lowest BCUT2D eigenvalue weighted by Gasteiger charge is -2.24. The fourth-order valence-electron chi connectivity index (χ4n) is 3.39. The molecule has 2 aromatic carbocycles. The van der Waals surface area contributed by atoms with E-state index in [1.165, 1.54) is 21.9 Å². The first-order valence-corrected chi connectivity index (χ1v) is 8.02. The predicted octanol–water partition coefficient (Wildman–Crippen LogP) is 4.95. The Hall–Kier alpha value is -2.23. The Morgan fingerprint density at radius 3 is 2.26 bits per heavy atom. The van der Waals surface area contributed by atoms with Crippen molar-refractivity contribution in [2.75, 3.05) is 14.1 Å². The molecule has 4 heteroatoms. The lowest BCUT2D eigenvalue weighted by atomic mass is 9.97. The molecule has 3 nitrogen and oxygen atoms in total. The van der Waals surface area contributed by atoms with Crippen LogP contribution in [0.15, 0.2) is 54.9 Å². The third-order valence-corrected chi connectivity index (χ3v) is 4.64. The van der Waals surface area contributed by atoms with Gasteiger partial charge in [0.05, 0.1) is 6.04 Å². The fourth-order valence-corrected chi connectivity index (χ4v) is 3.56. The number of halogens is 1. The number of nitrogens with one attached hydrogen (secondary N) is 2. The van der Waals surface area contributed by atoms with Crippen molar-refractivity contribution in [3.05, 3.63) is 71.0 Å². The largest absolute Gasteiger partial charge is 0.361 e. The zero-order chi connectivity index (χ0) is 16.0. The summed E-state index contributed by atoms with van der Waals surface area (Å²) < 4.78 is 0. The van der Waals surface area contributed by atoms with E-state index in [4.69, 9.17) is 11.6 Å². The minimum atomic E-state index is 0.168. The van der Waals surface area contributed by atoms with Crippen LogP contribution in [0.2, 0.25) is 5.02 Å². The lowest BCUT2D eigenvalue weighted by Crippen LogP contribution is -2.20. The van der Waals surface area contributed by atoms with Crippen LogP contribution in [0.5, 0.6) is 0 Å². The summed E-state index contributed by atoms with van der Waals surface area (Å²) in [5.41, 5.74) is 4.77. The maximum absolute atomic E-state index is 6.11. The van der Waals surface area contributed by atoms with Crippen molar-refractivity contribution in [2.45, 2.75) is 6.04 Å². The molecule has 4 aromatic rings. The topological polar surface area (TPSA) is 34.8 Å². The molecule has 116 valence electrons. The first-order chi connectivity index (χ1) is 11.1. The highest BCUT2D eigenvalue weighted by Gasteiger charge is 2.22. The highest BCUT2D eigenvalue weighted by molar-refractivity contribution is 6.31. The maximum atomic E-state index is 6.11. The van der Waals surface area contributed by atoms with Gasteiger partial charge in [-0.3, -0.25) is 4.90 Å². The van der Waals surface area contributed by atoms with Crippen molar-refractivity contribution in [1.29, 1.82) is 0 Å². The number of hydrogen-bond acceptors (Lipinski definition) is 1. The Morgan fingerprint density at radius 2 is 1.52 bits per heavy atom. The van der Waals surface area contributed by atoms with Crippen molar-refractivity contribution in [2.24, 2.45) is 0 Å². The molecule has 0 radical (unpaired) electrons. The highest BCUT2D eigenvalue weighted by atomic mass is 35.5. The van der Waals surface area contributed by atoms with E-state index < -0.39 is 0 Å². The molecule has 0 spiro atoms. The Kier molecular flexibility index (Phi) is 3.40. The summed E-state index contributed by atoms with van der Waals surface area (Å²) in [5.74, 6) is 0. The molecule has 1 unspecified atom stereocenters. The van der Waals surface area contributed by atoms with Gasteiger partial charge in [0.25, 0.3) is 0 Å². The van der Waals surface area contributed by atoms with Crippen LogP contribution in [0.3, 0.4) is 0 Å². The van der Waals surface area contributed by atoms with Crippen LogP contribution in [0.25, 0.3) is 21.8 Å². The third-order valence-electron chi connectivity index (χ3n) is 4.40. The third kappa shape index (κ3) is 2.33. The Labute approximate surface area is 139 Å². The molecule has 0 fully saturated rings. The van der Waals surface area contributed by atoms with E-state index in [-0.39, 0.29) is 6.04 Å². The van der Waals surface area contributed by atoms with Gasteiger partial charge in [0.2, 0.25) is 0 Å². The minimum absolute atomic E-state index is 0.168. The zero-order valence-electron chi connectivity index (χ0n) is 13.1. The predicted molar refractivity (Wildman–Crippen MR) is 97.1 cm³/mol. The second kappa shape index (κ2) is 5.44. The van der Waals surface area contributed by atoms with Crippen molar-refractivity contribution in [1.82, 2.24) is 14.9 Å². The molecule has 0 amide bonds. The molecule has 0 aliphatic carbocycles. The van der Waals surface area contributed by atoms with Crippen molar-refractivity contribution in [3.8, 4) is 0 Å². The Morgan fingerprint density at radius 1 is 0.870 bits per heavy atom. The highest BCUT2D eigenvalue weighted by Crippen LogP contribution is 2.36. The number of fused-ring (bicyclic) bond motifs is 2. The van der Waals surface area contributed by atoms with Crippen LogP contribution in [0.1, 0.15) is 17.2 Å². The summed E-state index contributed by atoms with van der Waals surface area (Å²) in [6, 6.07) is 14.6. The van der Waals surface area contributed by atoms with Crippen LogP contribution < -0.4 is 0 Å². The number of nitrogens with zero attached hydrogens (tertiary/aromatic N) is 1. The van der Waals surface area contributed by atoms with Gasteiger partial charge in [-0.2, -0.15) is 0 Å². The summed E-state index contributed by atoms with van der Waals surface area (Å²) >= 11 is 6.11. The van der Waals surface area contributed by atoms with Crippen LogP contribution >= 0.6 is 11.6 Å². The van der Waals surface area contributed by atoms with E-state index in [1.54, 1.807) is 0 Å². The van der Waals surface area contributed by atoms with Crippen molar-refractivity contribution < 1.29 is 0 Å². The molecule has 2 aromatic heterocycles. The molecule has 23 heavy (non-hydrogen) atoms. The van der Waals surface area contributed by atoms with E-state index in [0.29, 0.717) is 0 Å². The smallest absolute Gasteiger partial charge is 0.0639 e. The summed E-state index contributed by atoms with van der Waals surface area (Å²) in [6.45, 7) is 0. The van der Waals surface area contributed by atoms with E-state index >= 15 is 0 Å². The zero-order valence-corrected chi connectivity index (χ0v) is 13.9. The number of aromatic nitrogens is 2. The molecular formula is C19H18ClN3. The van der Waals surface area contributed by atoms with Crippen LogP contribution in [0, 0.1) is 0 Å². The summed E-state index contributed by atoms with van der Waals surface area (Å²) in [5, 5.41) is 3.22. The molecule has 0 bridgehead atoms. The average Bonchev–Trinajstić information content (AvgIpc) is 3.13. The monoisotopic (exact) mass is 323 g/mol. The van der Waals surface area contributed by atoms with E-state index in [9.17, 15) is 0 Å².